The lowest BCUT2D eigenvalue weighted by atomic mass is 10.1. The average Bonchev–Trinajstić information content (AvgIpc) is 2.41. The number of carbonyl (C=O) groups is 1. The average molecular weight is 300 g/mol. The maximum absolute atomic E-state index is 12.0. The number of ketones is 1. The van der Waals surface area contributed by atoms with Crippen LogP contribution < -0.4 is 0 Å². The van der Waals surface area contributed by atoms with Crippen molar-refractivity contribution < 1.29 is 9.90 Å². The number of halogens is 2. The van der Waals surface area contributed by atoms with Gasteiger partial charge in [0.25, 0.3) is 0 Å². The third-order valence-corrected chi connectivity index (χ3v) is 3.63. The fourth-order valence-electron chi connectivity index (χ4n) is 2.08. The zero-order valence-corrected chi connectivity index (χ0v) is 11.9. The van der Waals surface area contributed by atoms with Crippen molar-refractivity contribution in [2.24, 2.45) is 0 Å². The lowest BCUT2D eigenvalue weighted by molar-refractivity contribution is 0.104. The molecule has 0 radical (unpaired) electrons. The highest BCUT2D eigenvalue weighted by atomic mass is 35.5. The monoisotopic (exact) mass is 299 g/mol. The summed E-state index contributed by atoms with van der Waals surface area (Å²) in [6.07, 6.45) is 6.76. The molecule has 0 amide bonds. The Morgan fingerprint density at radius 3 is 2.58 bits per heavy atom. The van der Waals surface area contributed by atoms with Crippen LogP contribution in [0.1, 0.15) is 29.6 Å². The number of carbonyl (C=O) groups excluding carboxylic acids is 1. The summed E-state index contributed by atoms with van der Waals surface area (Å²) < 4.78 is 0. The minimum atomic E-state index is -0.299. The summed E-state index contributed by atoms with van der Waals surface area (Å²) in [5.74, 6) is -0.521. The summed E-state index contributed by atoms with van der Waals surface area (Å²) in [5.41, 5.74) is 0.130. The Labute approximate surface area is 122 Å². The third-order valence-electron chi connectivity index (χ3n) is 3.12. The van der Waals surface area contributed by atoms with Crippen molar-refractivity contribution >= 4 is 29.0 Å². The molecule has 1 fully saturated rings. The van der Waals surface area contributed by atoms with Crippen LogP contribution in [0.5, 0.6) is 5.75 Å². The van der Waals surface area contributed by atoms with E-state index in [1.54, 1.807) is 6.20 Å². The number of phenols is 1. The van der Waals surface area contributed by atoms with E-state index in [4.69, 9.17) is 23.2 Å². The Bertz CT molecular complexity index is 508. The van der Waals surface area contributed by atoms with Crippen molar-refractivity contribution in [3.63, 3.8) is 0 Å². The van der Waals surface area contributed by atoms with E-state index in [2.05, 4.69) is 4.90 Å². The topological polar surface area (TPSA) is 40.5 Å². The molecule has 0 atom stereocenters. The second kappa shape index (κ2) is 6.31. The van der Waals surface area contributed by atoms with E-state index in [0.29, 0.717) is 5.02 Å². The number of hydrogen-bond donors (Lipinski definition) is 1. The number of piperidine rings is 1. The molecule has 102 valence electrons. The van der Waals surface area contributed by atoms with Crippen LogP contribution in [-0.4, -0.2) is 28.9 Å². The Morgan fingerprint density at radius 2 is 1.89 bits per heavy atom. The van der Waals surface area contributed by atoms with E-state index in [9.17, 15) is 9.90 Å². The SMILES string of the molecule is O=C(/C=C/N1CCCCC1)c1cc(Cl)cc(Cl)c1O. The molecular weight excluding hydrogens is 285 g/mol. The summed E-state index contributed by atoms with van der Waals surface area (Å²) >= 11 is 11.6. The van der Waals surface area contributed by atoms with Gasteiger partial charge in [-0.25, -0.2) is 0 Å². The molecule has 19 heavy (non-hydrogen) atoms. The van der Waals surface area contributed by atoms with E-state index < -0.39 is 0 Å². The minimum absolute atomic E-state index is 0.0854. The number of benzene rings is 1. The first-order valence-corrected chi connectivity index (χ1v) is 6.98. The second-order valence-electron chi connectivity index (χ2n) is 4.56. The Morgan fingerprint density at radius 1 is 1.21 bits per heavy atom. The van der Waals surface area contributed by atoms with Gasteiger partial charge in [-0.15, -0.1) is 0 Å². The first kappa shape index (κ1) is 14.2. The molecule has 1 heterocycles. The van der Waals surface area contributed by atoms with Crippen molar-refractivity contribution in [2.75, 3.05) is 13.1 Å². The van der Waals surface area contributed by atoms with Gasteiger partial charge in [0, 0.05) is 30.4 Å². The highest BCUT2D eigenvalue weighted by Gasteiger charge is 2.14. The predicted octanol–water partition coefficient (Wildman–Crippen LogP) is 3.88. The Hall–Kier alpha value is -1.19. The van der Waals surface area contributed by atoms with E-state index in [1.807, 2.05) is 0 Å². The number of likely N-dealkylation sites (tertiary alicyclic amines) is 1. The van der Waals surface area contributed by atoms with Gasteiger partial charge in [0.2, 0.25) is 0 Å². The van der Waals surface area contributed by atoms with E-state index in [-0.39, 0.29) is 22.1 Å². The molecule has 0 spiro atoms. The molecule has 1 aromatic rings. The molecule has 3 nitrogen and oxygen atoms in total. The molecule has 1 aromatic carbocycles. The van der Waals surface area contributed by atoms with E-state index in [1.165, 1.54) is 24.6 Å². The first-order chi connectivity index (χ1) is 9.08. The quantitative estimate of drug-likeness (QED) is 0.680. The highest BCUT2D eigenvalue weighted by molar-refractivity contribution is 6.36. The maximum atomic E-state index is 12.0. The zero-order valence-electron chi connectivity index (χ0n) is 10.4. The second-order valence-corrected chi connectivity index (χ2v) is 5.40. The van der Waals surface area contributed by atoms with Gasteiger partial charge in [-0.2, -0.15) is 0 Å². The fraction of sp³-hybridized carbons (Fsp3) is 0.357. The first-order valence-electron chi connectivity index (χ1n) is 6.22. The van der Waals surface area contributed by atoms with Crippen LogP contribution in [0.3, 0.4) is 0 Å². The van der Waals surface area contributed by atoms with Gasteiger partial charge in [0.05, 0.1) is 10.6 Å². The van der Waals surface area contributed by atoms with Gasteiger partial charge in [-0.05, 0) is 31.4 Å². The van der Waals surface area contributed by atoms with Crippen LogP contribution in [0, 0.1) is 0 Å². The molecule has 2 rings (SSSR count). The van der Waals surface area contributed by atoms with Crippen LogP contribution >= 0.6 is 23.2 Å². The number of rotatable bonds is 3. The van der Waals surface area contributed by atoms with Gasteiger partial charge in [-0.1, -0.05) is 23.2 Å². The van der Waals surface area contributed by atoms with Crippen molar-refractivity contribution in [3.05, 3.63) is 40.0 Å². The summed E-state index contributed by atoms with van der Waals surface area (Å²) in [6.45, 7) is 1.93. The number of nitrogens with zero attached hydrogens (tertiary/aromatic N) is 1. The van der Waals surface area contributed by atoms with Crippen LogP contribution in [0.15, 0.2) is 24.4 Å². The fourth-order valence-corrected chi connectivity index (χ4v) is 2.58. The number of hydrogen-bond acceptors (Lipinski definition) is 3. The van der Waals surface area contributed by atoms with Gasteiger partial charge in [-0.3, -0.25) is 4.79 Å². The van der Waals surface area contributed by atoms with Gasteiger partial charge < -0.3 is 10.0 Å². The normalized spacial score (nSPS) is 16.0. The molecule has 0 unspecified atom stereocenters. The molecule has 0 bridgehead atoms. The van der Waals surface area contributed by atoms with E-state index >= 15 is 0 Å². The summed E-state index contributed by atoms with van der Waals surface area (Å²) in [6, 6.07) is 2.83. The van der Waals surface area contributed by atoms with Gasteiger partial charge in [0.1, 0.15) is 5.75 Å². The Balaban J connectivity index is 2.13. The summed E-state index contributed by atoms with van der Waals surface area (Å²) in [4.78, 5) is 14.1. The van der Waals surface area contributed by atoms with Crippen LogP contribution in [-0.2, 0) is 0 Å². The Kier molecular flexibility index (Phi) is 4.72. The molecule has 5 heteroatoms. The van der Waals surface area contributed by atoms with Crippen molar-refractivity contribution in [3.8, 4) is 5.75 Å². The molecule has 1 aliphatic rings. The van der Waals surface area contributed by atoms with E-state index in [0.717, 1.165) is 25.9 Å². The summed E-state index contributed by atoms with van der Waals surface area (Å²) in [7, 11) is 0. The van der Waals surface area contributed by atoms with Crippen molar-refractivity contribution in [2.45, 2.75) is 19.3 Å². The largest absolute Gasteiger partial charge is 0.506 e. The molecule has 0 aliphatic carbocycles. The predicted molar refractivity (Wildman–Crippen MR) is 77.0 cm³/mol. The number of phenolic OH excluding ortho intramolecular Hbond substituents is 1. The molecule has 1 aliphatic heterocycles. The lowest BCUT2D eigenvalue weighted by Crippen LogP contribution is -2.24. The molecule has 1 saturated heterocycles. The zero-order chi connectivity index (χ0) is 13.8. The van der Waals surface area contributed by atoms with Gasteiger partial charge in [0.15, 0.2) is 5.78 Å². The van der Waals surface area contributed by atoms with Crippen molar-refractivity contribution in [1.82, 2.24) is 4.90 Å². The van der Waals surface area contributed by atoms with Crippen LogP contribution in [0.25, 0.3) is 0 Å². The number of allylic oxidation sites excluding steroid dienone is 1. The minimum Gasteiger partial charge on any atom is -0.506 e. The standard InChI is InChI=1S/C14H15Cl2NO2/c15-10-8-11(14(19)12(16)9-10)13(18)4-7-17-5-2-1-3-6-17/h4,7-9,19H,1-3,5-6H2/b7-4+. The van der Waals surface area contributed by atoms with Gasteiger partial charge >= 0.3 is 0 Å². The van der Waals surface area contributed by atoms with Crippen LogP contribution in [0.4, 0.5) is 0 Å². The maximum Gasteiger partial charge on any atom is 0.191 e. The molecule has 0 saturated carbocycles. The smallest absolute Gasteiger partial charge is 0.191 e. The highest BCUT2D eigenvalue weighted by Crippen LogP contribution is 2.31. The number of aromatic hydroxyl groups is 1. The molecular formula is C14H15Cl2NO2. The molecule has 0 aromatic heterocycles. The summed E-state index contributed by atoms with van der Waals surface area (Å²) in [5, 5.41) is 10.2. The van der Waals surface area contributed by atoms with Crippen LogP contribution in [0.2, 0.25) is 10.0 Å². The lowest BCUT2D eigenvalue weighted by Gasteiger charge is -2.24. The van der Waals surface area contributed by atoms with Crippen molar-refractivity contribution in [1.29, 1.82) is 0 Å². The third kappa shape index (κ3) is 3.64. The molecule has 1 N–H and O–H groups in total.